The summed E-state index contributed by atoms with van der Waals surface area (Å²) >= 11 is 0. The fourth-order valence-electron chi connectivity index (χ4n) is 2.21. The van der Waals surface area contributed by atoms with E-state index >= 15 is 0 Å². The minimum absolute atomic E-state index is 0.607. The second-order valence-corrected chi connectivity index (χ2v) is 5.41. The van der Waals surface area contributed by atoms with Crippen molar-refractivity contribution >= 4 is 11.8 Å². The van der Waals surface area contributed by atoms with Gasteiger partial charge in [0.2, 0.25) is 5.95 Å². The molecular weight excluding hydrogens is 224 g/mol. The van der Waals surface area contributed by atoms with Crippen LogP contribution in [0.2, 0.25) is 0 Å². The summed E-state index contributed by atoms with van der Waals surface area (Å²) < 4.78 is 0. The summed E-state index contributed by atoms with van der Waals surface area (Å²) in [5.74, 6) is 2.43. The van der Waals surface area contributed by atoms with Gasteiger partial charge in [-0.05, 0) is 24.8 Å². The Balaban J connectivity index is 2.01. The van der Waals surface area contributed by atoms with Crippen LogP contribution in [0.3, 0.4) is 0 Å². The van der Waals surface area contributed by atoms with Gasteiger partial charge in [0.15, 0.2) is 0 Å². The van der Waals surface area contributed by atoms with Gasteiger partial charge in [0.1, 0.15) is 5.82 Å². The summed E-state index contributed by atoms with van der Waals surface area (Å²) in [5.41, 5.74) is 0. The molecule has 4 nitrogen and oxygen atoms in total. The predicted molar refractivity (Wildman–Crippen MR) is 76.0 cm³/mol. The van der Waals surface area contributed by atoms with Crippen molar-refractivity contribution in [3.05, 3.63) is 12.3 Å². The summed E-state index contributed by atoms with van der Waals surface area (Å²) in [4.78, 5) is 11.3. The lowest BCUT2D eigenvalue weighted by atomic mass is 10.2. The Morgan fingerprint density at radius 1 is 1.22 bits per heavy atom. The van der Waals surface area contributed by atoms with Crippen LogP contribution in [0.15, 0.2) is 12.3 Å². The van der Waals surface area contributed by atoms with Gasteiger partial charge in [-0.25, -0.2) is 4.98 Å². The van der Waals surface area contributed by atoms with E-state index in [0.717, 1.165) is 31.4 Å². The second kappa shape index (κ2) is 6.57. The molecule has 1 saturated heterocycles. The quantitative estimate of drug-likeness (QED) is 0.889. The maximum atomic E-state index is 4.61. The highest BCUT2D eigenvalue weighted by atomic mass is 15.2. The lowest BCUT2D eigenvalue weighted by Crippen LogP contribution is -2.25. The number of anilines is 2. The van der Waals surface area contributed by atoms with Crippen molar-refractivity contribution in [3.8, 4) is 0 Å². The summed E-state index contributed by atoms with van der Waals surface area (Å²) in [6, 6.07) is 2.02. The van der Waals surface area contributed by atoms with Crippen LogP contribution in [0.5, 0.6) is 0 Å². The van der Waals surface area contributed by atoms with Crippen molar-refractivity contribution in [1.29, 1.82) is 0 Å². The standard InChI is InChI=1S/C14H24N4/c1-12(2)11-16-14-15-8-7-13(17-14)18-9-5-3-4-6-10-18/h7-8,12H,3-6,9-11H2,1-2H3,(H,15,16,17). The molecule has 2 heterocycles. The van der Waals surface area contributed by atoms with Crippen LogP contribution in [0.1, 0.15) is 39.5 Å². The summed E-state index contributed by atoms with van der Waals surface area (Å²) in [6.45, 7) is 7.54. The number of nitrogens with zero attached hydrogens (tertiary/aromatic N) is 3. The lowest BCUT2D eigenvalue weighted by molar-refractivity contribution is 0.684. The fraction of sp³-hybridized carbons (Fsp3) is 0.714. The van der Waals surface area contributed by atoms with Crippen molar-refractivity contribution in [1.82, 2.24) is 9.97 Å². The molecule has 0 unspecified atom stereocenters. The second-order valence-electron chi connectivity index (χ2n) is 5.41. The molecule has 2 rings (SSSR count). The first-order valence-electron chi connectivity index (χ1n) is 7.07. The monoisotopic (exact) mass is 248 g/mol. The molecule has 4 heteroatoms. The van der Waals surface area contributed by atoms with Crippen molar-refractivity contribution in [2.45, 2.75) is 39.5 Å². The van der Waals surface area contributed by atoms with Gasteiger partial charge in [-0.2, -0.15) is 4.98 Å². The van der Waals surface area contributed by atoms with E-state index in [9.17, 15) is 0 Å². The Labute approximate surface area is 110 Å². The van der Waals surface area contributed by atoms with Crippen LogP contribution >= 0.6 is 0 Å². The molecule has 100 valence electrons. The van der Waals surface area contributed by atoms with Crippen LogP contribution < -0.4 is 10.2 Å². The molecule has 1 aliphatic heterocycles. The molecule has 18 heavy (non-hydrogen) atoms. The van der Waals surface area contributed by atoms with Gasteiger partial charge in [0.05, 0.1) is 0 Å². The molecule has 0 aromatic carbocycles. The number of aromatic nitrogens is 2. The third kappa shape index (κ3) is 3.86. The molecule has 1 fully saturated rings. The Hall–Kier alpha value is -1.32. The molecule has 0 amide bonds. The fourth-order valence-corrected chi connectivity index (χ4v) is 2.21. The van der Waals surface area contributed by atoms with Gasteiger partial charge in [-0.1, -0.05) is 26.7 Å². The number of hydrogen-bond acceptors (Lipinski definition) is 4. The number of nitrogens with one attached hydrogen (secondary N) is 1. The summed E-state index contributed by atoms with van der Waals surface area (Å²) in [7, 11) is 0. The summed E-state index contributed by atoms with van der Waals surface area (Å²) in [5, 5.41) is 3.29. The van der Waals surface area contributed by atoms with E-state index in [1.165, 1.54) is 25.7 Å². The largest absolute Gasteiger partial charge is 0.356 e. The first kappa shape index (κ1) is 13.1. The third-order valence-electron chi connectivity index (χ3n) is 3.24. The molecule has 0 spiro atoms. The van der Waals surface area contributed by atoms with E-state index < -0.39 is 0 Å². The smallest absolute Gasteiger partial charge is 0.224 e. The maximum absolute atomic E-state index is 4.61. The molecule has 0 radical (unpaired) electrons. The average Bonchev–Trinajstić information content (AvgIpc) is 2.65. The molecule has 0 bridgehead atoms. The van der Waals surface area contributed by atoms with Crippen LogP contribution in [-0.4, -0.2) is 29.6 Å². The molecular formula is C14H24N4. The van der Waals surface area contributed by atoms with E-state index in [1.807, 2.05) is 12.3 Å². The normalized spacial score (nSPS) is 16.7. The minimum atomic E-state index is 0.607. The van der Waals surface area contributed by atoms with Gasteiger partial charge >= 0.3 is 0 Å². The van der Waals surface area contributed by atoms with Crippen molar-refractivity contribution in [2.75, 3.05) is 29.9 Å². The van der Waals surface area contributed by atoms with Gasteiger partial charge in [0, 0.05) is 25.8 Å². The lowest BCUT2D eigenvalue weighted by Gasteiger charge is -2.21. The van der Waals surface area contributed by atoms with Gasteiger partial charge in [-0.3, -0.25) is 0 Å². The number of hydrogen-bond donors (Lipinski definition) is 1. The van der Waals surface area contributed by atoms with Crippen LogP contribution in [0.25, 0.3) is 0 Å². The Morgan fingerprint density at radius 2 is 1.94 bits per heavy atom. The molecule has 1 aromatic heterocycles. The molecule has 0 atom stereocenters. The Bertz CT molecular complexity index is 357. The Kier molecular flexibility index (Phi) is 4.79. The van der Waals surface area contributed by atoms with E-state index in [1.54, 1.807) is 0 Å². The third-order valence-corrected chi connectivity index (χ3v) is 3.24. The van der Waals surface area contributed by atoms with Gasteiger partial charge in [-0.15, -0.1) is 0 Å². The molecule has 0 aliphatic carbocycles. The first-order valence-corrected chi connectivity index (χ1v) is 7.07. The highest BCUT2D eigenvalue weighted by Gasteiger charge is 2.11. The van der Waals surface area contributed by atoms with Crippen LogP contribution in [0, 0.1) is 5.92 Å². The minimum Gasteiger partial charge on any atom is -0.356 e. The van der Waals surface area contributed by atoms with Gasteiger partial charge < -0.3 is 10.2 Å². The average molecular weight is 248 g/mol. The van der Waals surface area contributed by atoms with E-state index in [0.29, 0.717) is 5.92 Å². The first-order chi connectivity index (χ1) is 8.75. The van der Waals surface area contributed by atoms with E-state index in [4.69, 9.17) is 0 Å². The van der Waals surface area contributed by atoms with Crippen molar-refractivity contribution in [3.63, 3.8) is 0 Å². The molecule has 1 aromatic rings. The maximum Gasteiger partial charge on any atom is 0.224 e. The highest BCUT2D eigenvalue weighted by Crippen LogP contribution is 2.17. The molecule has 1 aliphatic rings. The van der Waals surface area contributed by atoms with E-state index in [2.05, 4.69) is 34.0 Å². The van der Waals surface area contributed by atoms with Crippen LogP contribution in [-0.2, 0) is 0 Å². The highest BCUT2D eigenvalue weighted by molar-refractivity contribution is 5.42. The molecule has 1 N–H and O–H groups in total. The summed E-state index contributed by atoms with van der Waals surface area (Å²) in [6.07, 6.45) is 7.10. The van der Waals surface area contributed by atoms with Gasteiger partial charge in [0.25, 0.3) is 0 Å². The zero-order valence-electron chi connectivity index (χ0n) is 11.5. The zero-order valence-corrected chi connectivity index (χ0v) is 11.5. The SMILES string of the molecule is CC(C)CNc1nccc(N2CCCCCC2)n1. The Morgan fingerprint density at radius 3 is 2.61 bits per heavy atom. The van der Waals surface area contributed by atoms with Crippen molar-refractivity contribution < 1.29 is 0 Å². The van der Waals surface area contributed by atoms with Crippen LogP contribution in [0.4, 0.5) is 11.8 Å². The number of rotatable bonds is 4. The zero-order chi connectivity index (χ0) is 12.8. The van der Waals surface area contributed by atoms with Crippen molar-refractivity contribution in [2.24, 2.45) is 5.92 Å². The van der Waals surface area contributed by atoms with E-state index in [-0.39, 0.29) is 0 Å². The topological polar surface area (TPSA) is 41.1 Å². The predicted octanol–water partition coefficient (Wildman–Crippen LogP) is 2.92. The molecule has 0 saturated carbocycles.